The highest BCUT2D eigenvalue weighted by atomic mass is 19.1. The van der Waals surface area contributed by atoms with Gasteiger partial charge in [0.2, 0.25) is 0 Å². The molecule has 1 rings (SSSR count). The van der Waals surface area contributed by atoms with E-state index >= 15 is 0 Å². The summed E-state index contributed by atoms with van der Waals surface area (Å²) in [4.78, 5) is 22.0. The zero-order valence-corrected chi connectivity index (χ0v) is 13.0. The monoisotopic (exact) mass is 325 g/mol. The molecule has 0 heterocycles. The first-order valence-electron chi connectivity index (χ1n) is 6.78. The number of alkyl carbamates (subject to hydrolysis) is 1. The number of carbonyl (C=O) groups is 2. The van der Waals surface area contributed by atoms with E-state index < -0.39 is 40.4 Å². The van der Waals surface area contributed by atoms with Crippen molar-refractivity contribution in [2.75, 3.05) is 6.54 Å². The Kier molecular flexibility index (Phi) is 6.08. The third-order valence-corrected chi connectivity index (χ3v) is 2.42. The SMILES string of the molecule is CC(C)(C)OC(=O)NCCC#Cc1c(F)cc(C(=O)O)cc1F. The predicted molar refractivity (Wildman–Crippen MR) is 79.0 cm³/mol. The summed E-state index contributed by atoms with van der Waals surface area (Å²) in [5, 5.41) is 11.1. The van der Waals surface area contributed by atoms with Crippen LogP contribution in [0.3, 0.4) is 0 Å². The van der Waals surface area contributed by atoms with Gasteiger partial charge in [-0.15, -0.1) is 0 Å². The lowest BCUT2D eigenvalue weighted by Crippen LogP contribution is -2.32. The lowest BCUT2D eigenvalue weighted by molar-refractivity contribution is 0.0528. The van der Waals surface area contributed by atoms with Crippen LogP contribution in [-0.2, 0) is 4.74 Å². The molecule has 1 aromatic carbocycles. The summed E-state index contributed by atoms with van der Waals surface area (Å²) in [6.07, 6.45) is -0.457. The molecular weight excluding hydrogens is 308 g/mol. The Hall–Kier alpha value is -2.62. The number of amides is 1. The second-order valence-electron chi connectivity index (χ2n) is 5.60. The number of ether oxygens (including phenoxy) is 1. The molecule has 2 N–H and O–H groups in total. The van der Waals surface area contributed by atoms with Gasteiger partial charge in [0.15, 0.2) is 0 Å². The molecule has 0 bridgehead atoms. The molecule has 0 atom stereocenters. The van der Waals surface area contributed by atoms with E-state index in [0.717, 1.165) is 0 Å². The van der Waals surface area contributed by atoms with E-state index in [1.54, 1.807) is 20.8 Å². The fourth-order valence-electron chi connectivity index (χ4n) is 1.51. The van der Waals surface area contributed by atoms with Gasteiger partial charge in [-0.25, -0.2) is 18.4 Å². The minimum atomic E-state index is -1.43. The molecule has 0 fully saturated rings. The number of nitrogens with one attached hydrogen (secondary N) is 1. The van der Waals surface area contributed by atoms with Crippen molar-refractivity contribution in [2.45, 2.75) is 32.8 Å². The number of halogens is 2. The molecule has 0 unspecified atom stereocenters. The van der Waals surface area contributed by atoms with E-state index in [0.29, 0.717) is 12.1 Å². The maximum absolute atomic E-state index is 13.6. The maximum atomic E-state index is 13.6. The quantitative estimate of drug-likeness (QED) is 0.662. The molecule has 124 valence electrons. The van der Waals surface area contributed by atoms with Crippen molar-refractivity contribution >= 4 is 12.1 Å². The summed E-state index contributed by atoms with van der Waals surface area (Å²) >= 11 is 0. The molecule has 0 aliphatic rings. The Bertz CT molecular complexity index is 646. The molecule has 5 nitrogen and oxygen atoms in total. The van der Waals surface area contributed by atoms with Gasteiger partial charge in [0.05, 0.1) is 11.1 Å². The van der Waals surface area contributed by atoms with Gasteiger partial charge in [0.1, 0.15) is 17.2 Å². The van der Waals surface area contributed by atoms with Gasteiger partial charge in [-0.05, 0) is 32.9 Å². The Balaban J connectivity index is 2.61. The minimum absolute atomic E-state index is 0.151. The second-order valence-corrected chi connectivity index (χ2v) is 5.60. The first kappa shape index (κ1) is 18.4. The number of benzene rings is 1. The van der Waals surface area contributed by atoms with Crippen molar-refractivity contribution in [2.24, 2.45) is 0 Å². The Labute approximate surface area is 132 Å². The standard InChI is InChI=1S/C16H17F2NO4/c1-16(2,3)23-15(22)19-7-5-4-6-11-12(17)8-10(14(20)21)9-13(11)18/h8-9H,5,7H2,1-3H3,(H,19,22)(H,20,21). The summed E-state index contributed by atoms with van der Waals surface area (Å²) in [7, 11) is 0. The molecule has 0 aliphatic heterocycles. The van der Waals surface area contributed by atoms with E-state index in [-0.39, 0.29) is 13.0 Å². The summed E-state index contributed by atoms with van der Waals surface area (Å²) in [5.41, 5.74) is -1.61. The number of hydrogen-bond donors (Lipinski definition) is 2. The average molecular weight is 325 g/mol. The molecule has 1 amide bonds. The van der Waals surface area contributed by atoms with Gasteiger partial charge in [-0.2, -0.15) is 0 Å². The van der Waals surface area contributed by atoms with Gasteiger partial charge < -0.3 is 15.2 Å². The van der Waals surface area contributed by atoms with E-state index in [4.69, 9.17) is 9.84 Å². The first-order chi connectivity index (χ1) is 10.6. The van der Waals surface area contributed by atoms with Crippen molar-refractivity contribution in [1.82, 2.24) is 5.32 Å². The van der Waals surface area contributed by atoms with Crippen LogP contribution in [0, 0.1) is 23.5 Å². The van der Waals surface area contributed by atoms with Crippen LogP contribution in [0.2, 0.25) is 0 Å². The van der Waals surface area contributed by atoms with E-state index in [2.05, 4.69) is 17.2 Å². The smallest absolute Gasteiger partial charge is 0.407 e. The van der Waals surface area contributed by atoms with Crippen LogP contribution in [-0.4, -0.2) is 29.3 Å². The van der Waals surface area contributed by atoms with Crippen molar-refractivity contribution in [3.8, 4) is 11.8 Å². The second kappa shape index (κ2) is 7.58. The van der Waals surface area contributed by atoms with Crippen LogP contribution in [0.15, 0.2) is 12.1 Å². The molecule has 23 heavy (non-hydrogen) atoms. The van der Waals surface area contributed by atoms with E-state index in [1.165, 1.54) is 0 Å². The van der Waals surface area contributed by atoms with Crippen LogP contribution in [0.5, 0.6) is 0 Å². The summed E-state index contributed by atoms with van der Waals surface area (Å²) < 4.78 is 32.2. The highest BCUT2D eigenvalue weighted by Crippen LogP contribution is 2.14. The lowest BCUT2D eigenvalue weighted by atomic mass is 10.1. The van der Waals surface area contributed by atoms with Crippen LogP contribution in [0.4, 0.5) is 13.6 Å². The van der Waals surface area contributed by atoms with Gasteiger partial charge >= 0.3 is 12.1 Å². The molecule has 0 spiro atoms. The highest BCUT2D eigenvalue weighted by molar-refractivity contribution is 5.87. The summed E-state index contributed by atoms with van der Waals surface area (Å²) in [6.45, 7) is 5.31. The zero-order valence-electron chi connectivity index (χ0n) is 13.0. The largest absolute Gasteiger partial charge is 0.478 e. The maximum Gasteiger partial charge on any atom is 0.407 e. The number of hydrogen-bond acceptors (Lipinski definition) is 3. The van der Waals surface area contributed by atoms with Crippen LogP contribution >= 0.6 is 0 Å². The van der Waals surface area contributed by atoms with Crippen LogP contribution in [0.25, 0.3) is 0 Å². The topological polar surface area (TPSA) is 75.6 Å². The first-order valence-corrected chi connectivity index (χ1v) is 6.78. The number of rotatable bonds is 3. The lowest BCUT2D eigenvalue weighted by Gasteiger charge is -2.19. The molecule has 0 saturated heterocycles. The van der Waals surface area contributed by atoms with Gasteiger partial charge in [-0.3, -0.25) is 0 Å². The third-order valence-electron chi connectivity index (χ3n) is 2.42. The van der Waals surface area contributed by atoms with Crippen molar-refractivity contribution in [3.63, 3.8) is 0 Å². The summed E-state index contributed by atoms with van der Waals surface area (Å²) in [5.74, 6) is 1.27. The zero-order chi connectivity index (χ0) is 17.6. The molecular formula is C16H17F2NO4. The Morgan fingerprint density at radius 3 is 2.30 bits per heavy atom. The van der Waals surface area contributed by atoms with Crippen LogP contribution in [0.1, 0.15) is 43.1 Å². The normalized spacial score (nSPS) is 10.5. The van der Waals surface area contributed by atoms with Crippen molar-refractivity contribution in [1.29, 1.82) is 0 Å². The van der Waals surface area contributed by atoms with Crippen molar-refractivity contribution < 1.29 is 28.2 Å². The molecule has 0 aliphatic carbocycles. The molecule has 0 radical (unpaired) electrons. The molecule has 7 heteroatoms. The van der Waals surface area contributed by atoms with Gasteiger partial charge in [0.25, 0.3) is 0 Å². The fraction of sp³-hybridized carbons (Fsp3) is 0.375. The average Bonchev–Trinajstić information content (AvgIpc) is 2.38. The Morgan fingerprint density at radius 1 is 1.26 bits per heavy atom. The van der Waals surface area contributed by atoms with Crippen LogP contribution < -0.4 is 5.32 Å². The summed E-state index contributed by atoms with van der Waals surface area (Å²) in [6, 6.07) is 1.41. The predicted octanol–water partition coefficient (Wildman–Crippen LogP) is 2.93. The third kappa shape index (κ3) is 6.34. The van der Waals surface area contributed by atoms with E-state index in [9.17, 15) is 18.4 Å². The van der Waals surface area contributed by atoms with Gasteiger partial charge in [-0.1, -0.05) is 11.8 Å². The number of carboxylic acids is 1. The number of carbonyl (C=O) groups excluding carboxylic acids is 1. The number of aromatic carboxylic acids is 1. The molecule has 1 aromatic rings. The van der Waals surface area contributed by atoms with Gasteiger partial charge in [0, 0.05) is 13.0 Å². The van der Waals surface area contributed by atoms with Crippen molar-refractivity contribution in [3.05, 3.63) is 34.9 Å². The number of carboxylic acid groups (broad SMARTS) is 1. The highest BCUT2D eigenvalue weighted by Gasteiger charge is 2.15. The van der Waals surface area contributed by atoms with E-state index in [1.807, 2.05) is 0 Å². The Morgan fingerprint density at radius 2 is 1.83 bits per heavy atom. The minimum Gasteiger partial charge on any atom is -0.478 e. The fourth-order valence-corrected chi connectivity index (χ4v) is 1.51. The molecule has 0 aromatic heterocycles. The molecule has 0 saturated carbocycles.